The summed E-state index contributed by atoms with van der Waals surface area (Å²) in [6, 6.07) is 3.76. The predicted molar refractivity (Wildman–Crippen MR) is 46.1 cm³/mol. The van der Waals surface area contributed by atoms with Crippen molar-refractivity contribution in [1.82, 2.24) is 0 Å². The highest BCUT2D eigenvalue weighted by Crippen LogP contribution is 2.15. The summed E-state index contributed by atoms with van der Waals surface area (Å²) >= 11 is 0. The van der Waals surface area contributed by atoms with E-state index in [1.54, 1.807) is 6.26 Å². The lowest BCUT2D eigenvalue weighted by Gasteiger charge is -2.07. The van der Waals surface area contributed by atoms with Gasteiger partial charge in [-0.2, -0.15) is 0 Å². The van der Waals surface area contributed by atoms with Gasteiger partial charge >= 0.3 is 0 Å². The minimum atomic E-state index is -0.195. The molecule has 0 bridgehead atoms. The topological polar surface area (TPSA) is 57.6 Å². The molecule has 2 rings (SSSR count). The second kappa shape index (κ2) is 3.91. The van der Waals surface area contributed by atoms with Gasteiger partial charge in [0.2, 0.25) is 0 Å². The molecule has 1 aromatic rings. The Morgan fingerprint density at radius 3 is 3.08 bits per heavy atom. The van der Waals surface area contributed by atoms with E-state index in [0.29, 0.717) is 19.6 Å². The second-order valence-electron chi connectivity index (χ2n) is 3.04. The van der Waals surface area contributed by atoms with Crippen LogP contribution in [0.3, 0.4) is 0 Å². The standard InChI is InChI=1S/C9H13NO3/c10-5-8-6-12-9(13-8)4-7-2-1-3-11-7/h1-3,8-9H,4-6,10H2. The normalized spacial score (nSPS) is 28.1. The first-order valence-electron chi connectivity index (χ1n) is 4.38. The van der Waals surface area contributed by atoms with Crippen molar-refractivity contribution < 1.29 is 13.9 Å². The highest BCUT2D eigenvalue weighted by Gasteiger charge is 2.25. The van der Waals surface area contributed by atoms with Crippen LogP contribution in [0.4, 0.5) is 0 Å². The Morgan fingerprint density at radius 1 is 1.54 bits per heavy atom. The Labute approximate surface area is 76.6 Å². The van der Waals surface area contributed by atoms with Crippen LogP contribution in [0.2, 0.25) is 0 Å². The molecule has 72 valence electrons. The first kappa shape index (κ1) is 8.74. The molecule has 0 saturated carbocycles. The Balaban J connectivity index is 1.84. The lowest BCUT2D eigenvalue weighted by Crippen LogP contribution is -2.23. The summed E-state index contributed by atoms with van der Waals surface area (Å²) in [4.78, 5) is 0. The maximum Gasteiger partial charge on any atom is 0.165 e. The molecule has 1 aliphatic heterocycles. The zero-order valence-electron chi connectivity index (χ0n) is 7.31. The van der Waals surface area contributed by atoms with Crippen molar-refractivity contribution >= 4 is 0 Å². The molecular formula is C9H13NO3. The highest BCUT2D eigenvalue weighted by atomic mass is 16.7. The fraction of sp³-hybridized carbons (Fsp3) is 0.556. The van der Waals surface area contributed by atoms with Gasteiger partial charge in [0.05, 0.1) is 25.4 Å². The first-order valence-corrected chi connectivity index (χ1v) is 4.38. The van der Waals surface area contributed by atoms with E-state index in [0.717, 1.165) is 5.76 Å². The molecule has 2 atom stereocenters. The Morgan fingerprint density at radius 2 is 2.46 bits per heavy atom. The zero-order valence-corrected chi connectivity index (χ0v) is 7.31. The summed E-state index contributed by atoms with van der Waals surface area (Å²) in [6.45, 7) is 1.09. The second-order valence-corrected chi connectivity index (χ2v) is 3.04. The lowest BCUT2D eigenvalue weighted by atomic mass is 10.3. The highest BCUT2D eigenvalue weighted by molar-refractivity contribution is 4.99. The van der Waals surface area contributed by atoms with Gasteiger partial charge in [-0.1, -0.05) is 0 Å². The van der Waals surface area contributed by atoms with Crippen LogP contribution in [0.5, 0.6) is 0 Å². The van der Waals surface area contributed by atoms with Gasteiger partial charge in [-0.15, -0.1) is 0 Å². The van der Waals surface area contributed by atoms with Gasteiger partial charge in [0, 0.05) is 6.54 Å². The number of ether oxygens (including phenoxy) is 2. The van der Waals surface area contributed by atoms with Crippen molar-refractivity contribution in [2.45, 2.75) is 18.8 Å². The van der Waals surface area contributed by atoms with Crippen molar-refractivity contribution in [2.75, 3.05) is 13.2 Å². The van der Waals surface area contributed by atoms with Gasteiger partial charge in [-0.3, -0.25) is 0 Å². The number of hydrogen-bond acceptors (Lipinski definition) is 4. The molecule has 0 radical (unpaired) electrons. The summed E-state index contributed by atoms with van der Waals surface area (Å²) < 4.78 is 16.0. The Bertz CT molecular complexity index is 247. The fourth-order valence-corrected chi connectivity index (χ4v) is 1.33. The predicted octanol–water partition coefficient (Wildman–Crippen LogP) is 0.522. The number of rotatable bonds is 3. The lowest BCUT2D eigenvalue weighted by molar-refractivity contribution is -0.0569. The van der Waals surface area contributed by atoms with Crippen molar-refractivity contribution in [2.24, 2.45) is 5.73 Å². The molecule has 1 aromatic heterocycles. The summed E-state index contributed by atoms with van der Waals surface area (Å²) in [6.07, 6.45) is 2.15. The Hall–Kier alpha value is -0.840. The van der Waals surface area contributed by atoms with Crippen molar-refractivity contribution in [3.05, 3.63) is 24.2 Å². The van der Waals surface area contributed by atoms with Crippen LogP contribution >= 0.6 is 0 Å². The molecule has 13 heavy (non-hydrogen) atoms. The van der Waals surface area contributed by atoms with Crippen molar-refractivity contribution in [3.8, 4) is 0 Å². The van der Waals surface area contributed by atoms with Gasteiger partial charge in [0.1, 0.15) is 5.76 Å². The van der Waals surface area contributed by atoms with Gasteiger partial charge < -0.3 is 19.6 Å². The van der Waals surface area contributed by atoms with E-state index in [-0.39, 0.29) is 12.4 Å². The molecule has 0 spiro atoms. The molecule has 0 aromatic carbocycles. The van der Waals surface area contributed by atoms with E-state index in [2.05, 4.69) is 0 Å². The van der Waals surface area contributed by atoms with Gasteiger partial charge in [0.15, 0.2) is 6.29 Å². The minimum absolute atomic E-state index is 0.0416. The molecule has 4 nitrogen and oxygen atoms in total. The maximum atomic E-state index is 5.48. The summed E-state index contributed by atoms with van der Waals surface area (Å²) in [7, 11) is 0. The summed E-state index contributed by atoms with van der Waals surface area (Å²) in [5, 5.41) is 0. The van der Waals surface area contributed by atoms with Crippen LogP contribution in [-0.4, -0.2) is 25.5 Å². The summed E-state index contributed by atoms with van der Waals surface area (Å²) in [5.74, 6) is 0.877. The number of furan rings is 1. The third-order valence-electron chi connectivity index (χ3n) is 2.02. The third kappa shape index (κ3) is 2.09. The van der Waals surface area contributed by atoms with Crippen molar-refractivity contribution in [1.29, 1.82) is 0 Å². The van der Waals surface area contributed by atoms with Gasteiger partial charge in [-0.25, -0.2) is 0 Å². The SMILES string of the molecule is NCC1COC(Cc2ccco2)O1. The van der Waals surface area contributed by atoms with Crippen LogP contribution in [0.25, 0.3) is 0 Å². The van der Waals surface area contributed by atoms with Gasteiger partial charge in [-0.05, 0) is 12.1 Å². The smallest absolute Gasteiger partial charge is 0.165 e. The number of nitrogens with two attached hydrogens (primary N) is 1. The van der Waals surface area contributed by atoms with E-state index in [9.17, 15) is 0 Å². The molecule has 0 amide bonds. The molecule has 4 heteroatoms. The molecule has 2 unspecified atom stereocenters. The van der Waals surface area contributed by atoms with Crippen LogP contribution < -0.4 is 5.73 Å². The molecule has 2 heterocycles. The average Bonchev–Trinajstić information content (AvgIpc) is 2.76. The van der Waals surface area contributed by atoms with E-state index in [1.807, 2.05) is 12.1 Å². The van der Waals surface area contributed by atoms with Crippen molar-refractivity contribution in [3.63, 3.8) is 0 Å². The Kier molecular flexibility index (Phi) is 2.63. The van der Waals surface area contributed by atoms with Gasteiger partial charge in [0.25, 0.3) is 0 Å². The van der Waals surface area contributed by atoms with Crippen LogP contribution in [-0.2, 0) is 15.9 Å². The molecule has 1 fully saturated rings. The maximum absolute atomic E-state index is 5.48. The zero-order chi connectivity index (χ0) is 9.10. The summed E-state index contributed by atoms with van der Waals surface area (Å²) in [5.41, 5.74) is 5.44. The molecule has 2 N–H and O–H groups in total. The average molecular weight is 183 g/mol. The van der Waals surface area contributed by atoms with E-state index < -0.39 is 0 Å². The number of hydrogen-bond donors (Lipinski definition) is 1. The molecule has 1 aliphatic rings. The monoisotopic (exact) mass is 183 g/mol. The molecular weight excluding hydrogens is 170 g/mol. The van der Waals surface area contributed by atoms with Crippen LogP contribution in [0.15, 0.2) is 22.8 Å². The van der Waals surface area contributed by atoms with E-state index >= 15 is 0 Å². The molecule has 0 aliphatic carbocycles. The quantitative estimate of drug-likeness (QED) is 0.742. The van der Waals surface area contributed by atoms with E-state index in [1.165, 1.54) is 0 Å². The van der Waals surface area contributed by atoms with E-state index in [4.69, 9.17) is 19.6 Å². The minimum Gasteiger partial charge on any atom is -0.469 e. The first-order chi connectivity index (χ1) is 6.38. The van der Waals surface area contributed by atoms with Crippen LogP contribution in [0, 0.1) is 0 Å². The fourth-order valence-electron chi connectivity index (χ4n) is 1.33. The largest absolute Gasteiger partial charge is 0.469 e. The van der Waals surface area contributed by atoms with Crippen LogP contribution in [0.1, 0.15) is 5.76 Å². The third-order valence-corrected chi connectivity index (χ3v) is 2.02. The molecule has 1 saturated heterocycles.